The maximum Gasteiger partial charge on any atom is -0.00746 e. The van der Waals surface area contributed by atoms with E-state index in [4.69, 9.17) is 5.73 Å². The van der Waals surface area contributed by atoms with Crippen molar-refractivity contribution in [2.45, 2.75) is 64.7 Å². The van der Waals surface area contributed by atoms with Crippen molar-refractivity contribution in [1.29, 1.82) is 0 Å². The summed E-state index contributed by atoms with van der Waals surface area (Å²) >= 11 is 0. The second-order valence-corrected chi connectivity index (χ2v) is 6.13. The molecule has 0 heterocycles. The van der Waals surface area contributed by atoms with E-state index in [0.717, 1.165) is 30.2 Å². The van der Waals surface area contributed by atoms with E-state index in [0.29, 0.717) is 0 Å². The average Bonchev–Trinajstić information content (AvgIpc) is 2.78. The zero-order valence-corrected chi connectivity index (χ0v) is 11.0. The fraction of sp³-hybridized carbons (Fsp3) is 1.00. The maximum absolute atomic E-state index is 5.71. The van der Waals surface area contributed by atoms with Gasteiger partial charge in [0.25, 0.3) is 0 Å². The summed E-state index contributed by atoms with van der Waals surface area (Å²) in [5.41, 5.74) is 5.71. The molecule has 1 nitrogen and oxygen atoms in total. The summed E-state index contributed by atoms with van der Waals surface area (Å²) in [6, 6.07) is 0. The van der Waals surface area contributed by atoms with Crippen LogP contribution < -0.4 is 5.73 Å². The Labute approximate surface area is 101 Å². The summed E-state index contributed by atoms with van der Waals surface area (Å²) in [7, 11) is 0. The predicted octanol–water partition coefficient (Wildman–Crippen LogP) is 3.97. The van der Waals surface area contributed by atoms with Crippen LogP contribution >= 0.6 is 0 Å². The Balaban J connectivity index is 1.88. The number of nitrogens with two attached hydrogens (primary N) is 1. The van der Waals surface area contributed by atoms with Crippen LogP contribution in [0.1, 0.15) is 64.7 Å². The van der Waals surface area contributed by atoms with Crippen molar-refractivity contribution in [2.24, 2.45) is 29.4 Å². The van der Waals surface area contributed by atoms with Gasteiger partial charge in [0.1, 0.15) is 0 Å². The van der Waals surface area contributed by atoms with Crippen molar-refractivity contribution in [3.05, 3.63) is 0 Å². The molecule has 0 radical (unpaired) electrons. The van der Waals surface area contributed by atoms with Gasteiger partial charge in [-0.05, 0) is 49.5 Å². The molecular formula is C15H29N. The largest absolute Gasteiger partial charge is 0.330 e. The molecule has 4 unspecified atom stereocenters. The quantitative estimate of drug-likeness (QED) is 0.767. The van der Waals surface area contributed by atoms with Crippen molar-refractivity contribution in [3.8, 4) is 0 Å². The summed E-state index contributed by atoms with van der Waals surface area (Å²) in [4.78, 5) is 0. The van der Waals surface area contributed by atoms with E-state index in [1.807, 2.05) is 0 Å². The second-order valence-electron chi connectivity index (χ2n) is 6.13. The van der Waals surface area contributed by atoms with E-state index in [-0.39, 0.29) is 0 Å². The monoisotopic (exact) mass is 223 g/mol. The highest BCUT2D eigenvalue weighted by Gasteiger charge is 2.34. The number of rotatable bonds is 4. The first kappa shape index (κ1) is 12.4. The Hall–Kier alpha value is -0.0400. The molecule has 94 valence electrons. The van der Waals surface area contributed by atoms with Gasteiger partial charge in [-0.25, -0.2) is 0 Å². The van der Waals surface area contributed by atoms with Crippen LogP contribution in [-0.4, -0.2) is 6.54 Å². The third kappa shape index (κ3) is 2.80. The fourth-order valence-electron chi connectivity index (χ4n) is 4.41. The molecule has 0 spiro atoms. The van der Waals surface area contributed by atoms with Crippen LogP contribution in [0.25, 0.3) is 0 Å². The molecule has 0 amide bonds. The van der Waals surface area contributed by atoms with Gasteiger partial charge in [0.2, 0.25) is 0 Å². The lowest BCUT2D eigenvalue weighted by Crippen LogP contribution is -2.26. The van der Waals surface area contributed by atoms with Crippen LogP contribution in [-0.2, 0) is 0 Å². The molecule has 2 aliphatic rings. The molecule has 0 aliphatic heterocycles. The lowest BCUT2D eigenvalue weighted by atomic mass is 9.70. The molecule has 2 N–H and O–H groups in total. The van der Waals surface area contributed by atoms with Gasteiger partial charge in [0.15, 0.2) is 0 Å². The molecule has 0 aromatic heterocycles. The number of hydrogen-bond acceptors (Lipinski definition) is 1. The molecule has 4 atom stereocenters. The van der Waals surface area contributed by atoms with E-state index < -0.39 is 0 Å². The van der Waals surface area contributed by atoms with Crippen LogP contribution in [0.4, 0.5) is 0 Å². The molecule has 2 aliphatic carbocycles. The lowest BCUT2D eigenvalue weighted by molar-refractivity contribution is 0.157. The van der Waals surface area contributed by atoms with Crippen LogP contribution in [0.3, 0.4) is 0 Å². The molecule has 1 heteroatoms. The van der Waals surface area contributed by atoms with E-state index in [9.17, 15) is 0 Å². The summed E-state index contributed by atoms with van der Waals surface area (Å²) in [6.45, 7) is 3.29. The molecule has 2 saturated carbocycles. The van der Waals surface area contributed by atoms with Gasteiger partial charge in [-0.1, -0.05) is 45.4 Å². The lowest BCUT2D eigenvalue weighted by Gasteiger charge is -2.35. The third-order valence-electron chi connectivity index (χ3n) is 5.25. The number of hydrogen-bond donors (Lipinski definition) is 1. The molecule has 0 saturated heterocycles. The third-order valence-corrected chi connectivity index (χ3v) is 5.25. The van der Waals surface area contributed by atoms with E-state index >= 15 is 0 Å². The van der Waals surface area contributed by atoms with Gasteiger partial charge >= 0.3 is 0 Å². The summed E-state index contributed by atoms with van der Waals surface area (Å²) in [5.74, 6) is 4.15. The van der Waals surface area contributed by atoms with Gasteiger partial charge in [0, 0.05) is 0 Å². The van der Waals surface area contributed by atoms with Gasteiger partial charge in [0.05, 0.1) is 0 Å². The standard InChI is InChI=1S/C15H29N/c1-2-13-6-4-8-15(13)14-7-3-5-12(11-14)9-10-16/h12-15H,2-11,16H2,1H3. The first-order chi connectivity index (χ1) is 7.85. The Kier molecular flexibility index (Phi) is 4.69. The Bertz CT molecular complexity index is 200. The highest BCUT2D eigenvalue weighted by atomic mass is 14.5. The van der Waals surface area contributed by atoms with Crippen LogP contribution in [0.15, 0.2) is 0 Å². The highest BCUT2D eigenvalue weighted by Crippen LogP contribution is 2.45. The highest BCUT2D eigenvalue weighted by molar-refractivity contribution is 4.85. The van der Waals surface area contributed by atoms with Crippen molar-refractivity contribution < 1.29 is 0 Å². The topological polar surface area (TPSA) is 26.0 Å². The second kappa shape index (κ2) is 6.05. The molecule has 0 aromatic rings. The van der Waals surface area contributed by atoms with Gasteiger partial charge in [-0.15, -0.1) is 0 Å². The molecular weight excluding hydrogens is 194 g/mol. The van der Waals surface area contributed by atoms with Gasteiger partial charge in [-0.3, -0.25) is 0 Å². The van der Waals surface area contributed by atoms with Crippen molar-refractivity contribution in [3.63, 3.8) is 0 Å². The molecule has 2 rings (SSSR count). The zero-order chi connectivity index (χ0) is 11.4. The normalized spacial score (nSPS) is 40.1. The Morgan fingerprint density at radius 2 is 1.88 bits per heavy atom. The average molecular weight is 223 g/mol. The first-order valence-corrected chi connectivity index (χ1v) is 7.55. The van der Waals surface area contributed by atoms with Crippen LogP contribution in [0.5, 0.6) is 0 Å². The van der Waals surface area contributed by atoms with E-state index in [1.165, 1.54) is 57.8 Å². The SMILES string of the molecule is CCC1CCCC1C1CCCC(CCN)C1. The summed E-state index contributed by atoms with van der Waals surface area (Å²) in [6.07, 6.45) is 13.2. The van der Waals surface area contributed by atoms with Gasteiger partial charge in [-0.2, -0.15) is 0 Å². The molecule has 2 fully saturated rings. The van der Waals surface area contributed by atoms with Crippen molar-refractivity contribution >= 4 is 0 Å². The smallest absolute Gasteiger partial charge is 0.00746 e. The van der Waals surface area contributed by atoms with E-state index in [2.05, 4.69) is 6.92 Å². The minimum absolute atomic E-state index is 0.902. The summed E-state index contributed by atoms with van der Waals surface area (Å²) < 4.78 is 0. The first-order valence-electron chi connectivity index (χ1n) is 7.55. The Morgan fingerprint density at radius 3 is 2.62 bits per heavy atom. The molecule has 0 bridgehead atoms. The Morgan fingerprint density at radius 1 is 1.06 bits per heavy atom. The minimum Gasteiger partial charge on any atom is -0.330 e. The van der Waals surface area contributed by atoms with Crippen LogP contribution in [0.2, 0.25) is 0 Å². The van der Waals surface area contributed by atoms with Crippen molar-refractivity contribution in [1.82, 2.24) is 0 Å². The fourth-order valence-corrected chi connectivity index (χ4v) is 4.41. The van der Waals surface area contributed by atoms with Crippen molar-refractivity contribution in [2.75, 3.05) is 6.54 Å². The van der Waals surface area contributed by atoms with Crippen LogP contribution in [0, 0.1) is 23.7 Å². The van der Waals surface area contributed by atoms with Gasteiger partial charge < -0.3 is 5.73 Å². The van der Waals surface area contributed by atoms with E-state index in [1.54, 1.807) is 0 Å². The molecule has 0 aromatic carbocycles. The predicted molar refractivity (Wildman–Crippen MR) is 70.2 cm³/mol. The molecule has 16 heavy (non-hydrogen) atoms. The minimum atomic E-state index is 0.902. The zero-order valence-electron chi connectivity index (χ0n) is 11.0. The summed E-state index contributed by atoms with van der Waals surface area (Å²) in [5, 5.41) is 0. The maximum atomic E-state index is 5.71.